The number of para-hydroxylation sites is 1. The lowest BCUT2D eigenvalue weighted by atomic mass is 9.95. The van der Waals surface area contributed by atoms with E-state index in [0.717, 1.165) is 25.7 Å². The van der Waals surface area contributed by atoms with Crippen molar-refractivity contribution in [1.29, 1.82) is 0 Å². The van der Waals surface area contributed by atoms with Gasteiger partial charge in [0, 0.05) is 23.7 Å². The minimum atomic E-state index is -0.539. The number of amides is 2. The first-order chi connectivity index (χ1) is 14.4. The molecule has 156 valence electrons. The topological polar surface area (TPSA) is 113 Å². The van der Waals surface area contributed by atoms with Gasteiger partial charge < -0.3 is 10.6 Å². The number of rotatable bonds is 5. The summed E-state index contributed by atoms with van der Waals surface area (Å²) in [5.41, 5.74) is 1.05. The maximum absolute atomic E-state index is 12.7. The minimum Gasteiger partial charge on any atom is -0.349 e. The number of anilines is 1. The second-order valence-corrected chi connectivity index (χ2v) is 7.47. The number of benzene rings is 2. The number of thiocarbonyl (C=S) groups is 1. The first-order valence-electron chi connectivity index (χ1n) is 9.71. The summed E-state index contributed by atoms with van der Waals surface area (Å²) in [6.07, 6.45) is 5.39. The molecule has 0 aromatic heterocycles. The molecule has 0 radical (unpaired) electrons. The lowest BCUT2D eigenvalue weighted by molar-refractivity contribution is -0.384. The van der Waals surface area contributed by atoms with Gasteiger partial charge in [-0.1, -0.05) is 31.4 Å². The van der Waals surface area contributed by atoms with E-state index in [1.807, 2.05) is 0 Å². The van der Waals surface area contributed by atoms with Crippen LogP contribution in [0.25, 0.3) is 0 Å². The SMILES string of the molecule is O=C(NC(=S)Nc1ccccc1C(=O)NC1CCCCC1)c1ccc([N+](=O)[O-])cc1. The van der Waals surface area contributed by atoms with E-state index in [4.69, 9.17) is 12.2 Å². The molecule has 2 aromatic carbocycles. The van der Waals surface area contributed by atoms with Crippen molar-refractivity contribution in [2.24, 2.45) is 0 Å². The van der Waals surface area contributed by atoms with Gasteiger partial charge in [-0.25, -0.2) is 0 Å². The Bertz CT molecular complexity index is 956. The van der Waals surface area contributed by atoms with Crippen molar-refractivity contribution in [3.63, 3.8) is 0 Å². The Morgan fingerprint density at radius 1 is 0.967 bits per heavy atom. The van der Waals surface area contributed by atoms with Crippen molar-refractivity contribution in [3.05, 3.63) is 69.8 Å². The zero-order chi connectivity index (χ0) is 21.5. The van der Waals surface area contributed by atoms with Crippen LogP contribution in [-0.2, 0) is 0 Å². The number of nitro groups is 1. The van der Waals surface area contributed by atoms with Crippen molar-refractivity contribution >= 4 is 40.5 Å². The number of carbonyl (C=O) groups is 2. The highest BCUT2D eigenvalue weighted by Crippen LogP contribution is 2.20. The van der Waals surface area contributed by atoms with E-state index in [0.29, 0.717) is 11.3 Å². The summed E-state index contributed by atoms with van der Waals surface area (Å²) in [6, 6.07) is 12.3. The molecule has 3 rings (SSSR count). The Balaban J connectivity index is 1.62. The molecule has 2 amide bonds. The van der Waals surface area contributed by atoms with E-state index in [-0.39, 0.29) is 28.3 Å². The molecule has 0 saturated heterocycles. The van der Waals surface area contributed by atoms with Crippen LogP contribution in [0.4, 0.5) is 11.4 Å². The molecule has 8 nitrogen and oxygen atoms in total. The van der Waals surface area contributed by atoms with Crippen LogP contribution in [0.2, 0.25) is 0 Å². The highest BCUT2D eigenvalue weighted by Gasteiger charge is 2.19. The van der Waals surface area contributed by atoms with E-state index < -0.39 is 10.8 Å². The predicted octanol–water partition coefficient (Wildman–Crippen LogP) is 3.78. The smallest absolute Gasteiger partial charge is 0.269 e. The molecular formula is C21H22N4O4S. The molecule has 0 heterocycles. The summed E-state index contributed by atoms with van der Waals surface area (Å²) in [6.45, 7) is 0. The van der Waals surface area contributed by atoms with Crippen LogP contribution in [0.5, 0.6) is 0 Å². The van der Waals surface area contributed by atoms with Gasteiger partial charge in [0.2, 0.25) is 0 Å². The molecule has 0 bridgehead atoms. The van der Waals surface area contributed by atoms with E-state index in [1.54, 1.807) is 24.3 Å². The van der Waals surface area contributed by atoms with Crippen molar-refractivity contribution in [2.75, 3.05) is 5.32 Å². The van der Waals surface area contributed by atoms with Gasteiger partial charge in [0.05, 0.1) is 16.2 Å². The molecule has 1 aliphatic rings. The van der Waals surface area contributed by atoms with Crippen molar-refractivity contribution in [3.8, 4) is 0 Å². The van der Waals surface area contributed by atoms with Crippen molar-refractivity contribution < 1.29 is 14.5 Å². The molecule has 30 heavy (non-hydrogen) atoms. The molecule has 2 aromatic rings. The maximum Gasteiger partial charge on any atom is 0.269 e. The third-order valence-corrected chi connectivity index (χ3v) is 5.13. The van der Waals surface area contributed by atoms with Crippen molar-refractivity contribution in [2.45, 2.75) is 38.1 Å². The van der Waals surface area contributed by atoms with Gasteiger partial charge >= 0.3 is 0 Å². The Labute approximate surface area is 179 Å². The second kappa shape index (κ2) is 9.93. The number of hydrogen-bond acceptors (Lipinski definition) is 5. The fourth-order valence-corrected chi connectivity index (χ4v) is 3.57. The minimum absolute atomic E-state index is 0.0243. The Kier molecular flexibility index (Phi) is 7.08. The number of nitrogens with one attached hydrogen (secondary N) is 3. The lowest BCUT2D eigenvalue weighted by Gasteiger charge is -2.23. The molecule has 0 aliphatic heterocycles. The monoisotopic (exact) mass is 426 g/mol. The van der Waals surface area contributed by atoms with Gasteiger partial charge in [-0.3, -0.25) is 25.0 Å². The van der Waals surface area contributed by atoms with Gasteiger partial charge in [-0.15, -0.1) is 0 Å². The summed E-state index contributed by atoms with van der Waals surface area (Å²) in [5, 5.41) is 19.2. The molecule has 0 atom stereocenters. The molecule has 1 fully saturated rings. The maximum atomic E-state index is 12.7. The summed E-state index contributed by atoms with van der Waals surface area (Å²) in [4.78, 5) is 35.2. The van der Waals surface area contributed by atoms with Crippen LogP contribution in [0.1, 0.15) is 52.8 Å². The van der Waals surface area contributed by atoms with Crippen LogP contribution in [0, 0.1) is 10.1 Å². The Morgan fingerprint density at radius 3 is 2.30 bits per heavy atom. The van der Waals surface area contributed by atoms with Gasteiger partial charge in [0.15, 0.2) is 5.11 Å². The van der Waals surface area contributed by atoms with Crippen LogP contribution in [0.3, 0.4) is 0 Å². The highest BCUT2D eigenvalue weighted by molar-refractivity contribution is 7.80. The van der Waals surface area contributed by atoms with Crippen LogP contribution in [-0.4, -0.2) is 27.9 Å². The number of non-ortho nitro benzene ring substituents is 1. The van der Waals surface area contributed by atoms with Crippen LogP contribution < -0.4 is 16.0 Å². The molecule has 9 heteroatoms. The summed E-state index contributed by atoms with van der Waals surface area (Å²) >= 11 is 5.20. The van der Waals surface area contributed by atoms with Crippen LogP contribution >= 0.6 is 12.2 Å². The highest BCUT2D eigenvalue weighted by atomic mass is 32.1. The normalized spacial score (nSPS) is 13.9. The average Bonchev–Trinajstić information content (AvgIpc) is 2.74. The van der Waals surface area contributed by atoms with Crippen molar-refractivity contribution in [1.82, 2.24) is 10.6 Å². The predicted molar refractivity (Wildman–Crippen MR) is 118 cm³/mol. The third kappa shape index (κ3) is 5.60. The molecule has 0 spiro atoms. The first-order valence-corrected chi connectivity index (χ1v) is 10.1. The molecule has 1 aliphatic carbocycles. The van der Waals surface area contributed by atoms with Gasteiger partial charge in [0.25, 0.3) is 17.5 Å². The molecule has 0 unspecified atom stereocenters. The average molecular weight is 426 g/mol. The zero-order valence-corrected chi connectivity index (χ0v) is 17.0. The van der Waals surface area contributed by atoms with Gasteiger partial charge in [0.1, 0.15) is 0 Å². The quantitative estimate of drug-likeness (QED) is 0.381. The first kappa shape index (κ1) is 21.4. The zero-order valence-electron chi connectivity index (χ0n) is 16.2. The van der Waals surface area contributed by atoms with E-state index in [1.165, 1.54) is 30.7 Å². The number of hydrogen-bond donors (Lipinski definition) is 3. The lowest BCUT2D eigenvalue weighted by Crippen LogP contribution is -2.37. The van der Waals surface area contributed by atoms with Crippen LogP contribution in [0.15, 0.2) is 48.5 Å². The standard InChI is InChI=1S/C21H22N4O4S/c26-19(14-10-12-16(13-11-14)25(28)29)24-21(30)23-18-9-5-4-8-17(18)20(27)22-15-6-2-1-3-7-15/h4-5,8-13,15H,1-3,6-7H2,(H,22,27)(H2,23,24,26,30). The van der Waals surface area contributed by atoms with Gasteiger partial charge in [-0.05, 0) is 49.3 Å². The summed E-state index contributed by atoms with van der Waals surface area (Å²) < 4.78 is 0. The molecule has 3 N–H and O–H groups in total. The number of carbonyl (C=O) groups excluding carboxylic acids is 2. The number of nitrogens with zero attached hydrogens (tertiary/aromatic N) is 1. The number of nitro benzene ring substituents is 1. The summed E-state index contributed by atoms with van der Waals surface area (Å²) in [5.74, 6) is -0.693. The van der Waals surface area contributed by atoms with Gasteiger partial charge in [-0.2, -0.15) is 0 Å². The fourth-order valence-electron chi connectivity index (χ4n) is 3.36. The second-order valence-electron chi connectivity index (χ2n) is 7.07. The molecular weight excluding hydrogens is 404 g/mol. The third-order valence-electron chi connectivity index (χ3n) is 4.93. The largest absolute Gasteiger partial charge is 0.349 e. The van der Waals surface area contributed by atoms with E-state index >= 15 is 0 Å². The van der Waals surface area contributed by atoms with E-state index in [9.17, 15) is 19.7 Å². The molecule has 1 saturated carbocycles. The summed E-state index contributed by atoms with van der Waals surface area (Å²) in [7, 11) is 0. The van der Waals surface area contributed by atoms with E-state index in [2.05, 4.69) is 16.0 Å². The fraction of sp³-hybridized carbons (Fsp3) is 0.286. The Hall–Kier alpha value is -3.33. The Morgan fingerprint density at radius 2 is 1.63 bits per heavy atom.